The van der Waals surface area contributed by atoms with Crippen molar-refractivity contribution in [2.45, 2.75) is 13.3 Å². The standard InChI is InChI=1S/C27H18ClFN4O5/c1-2-14-19(12-31-24-23(14)32(27(36)37)7-8-38-24)17-9-13-10-20(30-11-18(13)21(28)22(17)29)33-25(34)15-5-3-4-6-16(15)26(33)35/h3-6,9-12H,2,7-8H2,1H3,(H,36,37). The highest BCUT2D eigenvalue weighted by atomic mass is 35.5. The van der Waals surface area contributed by atoms with Gasteiger partial charge in [0.2, 0.25) is 5.88 Å². The van der Waals surface area contributed by atoms with E-state index in [1.54, 1.807) is 24.3 Å². The molecule has 0 unspecified atom stereocenters. The molecule has 4 heterocycles. The number of hydrogen-bond donors (Lipinski definition) is 1. The number of anilines is 2. The highest BCUT2D eigenvalue weighted by Crippen LogP contribution is 2.43. The van der Waals surface area contributed by atoms with Crippen molar-refractivity contribution in [3.05, 3.63) is 76.3 Å². The summed E-state index contributed by atoms with van der Waals surface area (Å²) in [6.45, 7) is 2.08. The molecule has 0 spiro atoms. The van der Waals surface area contributed by atoms with Crippen LogP contribution in [0.1, 0.15) is 33.2 Å². The minimum atomic E-state index is -1.17. The molecule has 4 aromatic rings. The van der Waals surface area contributed by atoms with Gasteiger partial charge in [-0.1, -0.05) is 30.7 Å². The summed E-state index contributed by atoms with van der Waals surface area (Å²) in [5.74, 6) is -1.52. The van der Waals surface area contributed by atoms with E-state index in [0.717, 1.165) is 9.80 Å². The summed E-state index contributed by atoms with van der Waals surface area (Å²) in [6, 6.07) is 9.50. The molecule has 0 bridgehead atoms. The van der Waals surface area contributed by atoms with E-state index in [2.05, 4.69) is 9.97 Å². The predicted molar refractivity (Wildman–Crippen MR) is 138 cm³/mol. The minimum Gasteiger partial charge on any atom is -0.474 e. The zero-order valence-electron chi connectivity index (χ0n) is 19.9. The molecular weight excluding hydrogens is 515 g/mol. The van der Waals surface area contributed by atoms with E-state index < -0.39 is 23.7 Å². The van der Waals surface area contributed by atoms with E-state index in [0.29, 0.717) is 22.9 Å². The molecule has 2 aromatic heterocycles. The number of benzene rings is 2. The molecule has 11 heteroatoms. The van der Waals surface area contributed by atoms with Crippen LogP contribution in [0.15, 0.2) is 48.8 Å². The van der Waals surface area contributed by atoms with E-state index in [1.807, 2.05) is 6.92 Å². The number of rotatable bonds is 3. The third-order valence-electron chi connectivity index (χ3n) is 6.73. The summed E-state index contributed by atoms with van der Waals surface area (Å²) in [5, 5.41) is 10.2. The van der Waals surface area contributed by atoms with E-state index in [9.17, 15) is 19.5 Å². The second kappa shape index (κ2) is 8.77. The summed E-state index contributed by atoms with van der Waals surface area (Å²) in [5.41, 5.74) is 1.78. The molecule has 0 fully saturated rings. The molecule has 190 valence electrons. The van der Waals surface area contributed by atoms with Crippen LogP contribution < -0.4 is 14.5 Å². The highest BCUT2D eigenvalue weighted by molar-refractivity contribution is 6.37. The third-order valence-corrected chi connectivity index (χ3v) is 7.10. The maximum absolute atomic E-state index is 15.7. The van der Waals surface area contributed by atoms with Gasteiger partial charge in [0.15, 0.2) is 0 Å². The number of carbonyl (C=O) groups is 3. The third kappa shape index (κ3) is 3.41. The molecule has 2 aliphatic heterocycles. The number of pyridine rings is 2. The average molecular weight is 533 g/mol. The lowest BCUT2D eigenvalue weighted by molar-refractivity contribution is 0.0925. The molecule has 0 saturated carbocycles. The van der Waals surface area contributed by atoms with Crippen LogP contribution >= 0.6 is 11.6 Å². The number of aromatic nitrogens is 2. The molecule has 0 radical (unpaired) electrons. The summed E-state index contributed by atoms with van der Waals surface area (Å²) in [6.07, 6.45) is 1.93. The molecule has 38 heavy (non-hydrogen) atoms. The van der Waals surface area contributed by atoms with Crippen molar-refractivity contribution in [1.29, 1.82) is 0 Å². The number of halogens is 2. The van der Waals surface area contributed by atoms with Crippen molar-refractivity contribution in [2.24, 2.45) is 0 Å². The lowest BCUT2D eigenvalue weighted by atomic mass is 9.95. The SMILES string of the molecule is CCc1c(-c2cc3cc(N4C(=O)c5ccccc5C4=O)ncc3c(Cl)c2F)cnc2c1N(C(=O)O)CCO2. The van der Waals surface area contributed by atoms with E-state index in [1.165, 1.54) is 24.5 Å². The maximum Gasteiger partial charge on any atom is 0.412 e. The topological polar surface area (TPSA) is 113 Å². The van der Waals surface area contributed by atoms with Gasteiger partial charge < -0.3 is 9.84 Å². The molecule has 2 aliphatic rings. The van der Waals surface area contributed by atoms with Gasteiger partial charge in [0.05, 0.1) is 22.7 Å². The van der Waals surface area contributed by atoms with Crippen LogP contribution in [0.25, 0.3) is 21.9 Å². The Morgan fingerprint density at radius 3 is 2.45 bits per heavy atom. The molecule has 2 aromatic carbocycles. The lowest BCUT2D eigenvalue weighted by Crippen LogP contribution is -2.38. The molecule has 0 saturated heterocycles. The summed E-state index contributed by atoms with van der Waals surface area (Å²) in [4.78, 5) is 48.4. The van der Waals surface area contributed by atoms with Gasteiger partial charge in [-0.05, 0) is 41.6 Å². The normalized spacial score (nSPS) is 14.5. The molecule has 1 N–H and O–H groups in total. The number of fused-ring (bicyclic) bond motifs is 3. The van der Waals surface area contributed by atoms with Gasteiger partial charge in [-0.25, -0.2) is 24.1 Å². The number of amides is 3. The zero-order chi connectivity index (χ0) is 26.7. The number of ether oxygens (including phenoxy) is 1. The molecule has 0 aliphatic carbocycles. The number of imide groups is 1. The number of carboxylic acid groups (broad SMARTS) is 1. The fourth-order valence-corrected chi connectivity index (χ4v) is 5.22. The predicted octanol–water partition coefficient (Wildman–Crippen LogP) is 5.33. The quantitative estimate of drug-likeness (QED) is 0.355. The summed E-state index contributed by atoms with van der Waals surface area (Å²) < 4.78 is 21.2. The maximum atomic E-state index is 15.7. The van der Waals surface area contributed by atoms with Crippen LogP contribution in [-0.4, -0.2) is 46.1 Å². The van der Waals surface area contributed by atoms with Crippen molar-refractivity contribution < 1.29 is 28.6 Å². The van der Waals surface area contributed by atoms with E-state index in [-0.39, 0.29) is 57.6 Å². The zero-order valence-corrected chi connectivity index (χ0v) is 20.6. The fraction of sp³-hybridized carbons (Fsp3) is 0.148. The van der Waals surface area contributed by atoms with Crippen LogP contribution in [0.4, 0.5) is 20.7 Å². The molecule has 0 atom stereocenters. The Kier molecular flexibility index (Phi) is 5.50. The van der Waals surface area contributed by atoms with Crippen molar-refractivity contribution in [3.8, 4) is 17.0 Å². The first-order valence-electron chi connectivity index (χ1n) is 11.7. The van der Waals surface area contributed by atoms with E-state index >= 15 is 4.39 Å². The second-order valence-corrected chi connectivity index (χ2v) is 9.13. The Labute approximate surface area is 220 Å². The van der Waals surface area contributed by atoms with Gasteiger partial charge in [0.1, 0.15) is 23.9 Å². The lowest BCUT2D eigenvalue weighted by Gasteiger charge is -2.29. The monoisotopic (exact) mass is 532 g/mol. The molecule has 9 nitrogen and oxygen atoms in total. The van der Waals surface area contributed by atoms with Gasteiger partial charge >= 0.3 is 6.09 Å². The van der Waals surface area contributed by atoms with Crippen molar-refractivity contribution in [2.75, 3.05) is 23.0 Å². The first kappa shape index (κ1) is 23.8. The Morgan fingerprint density at radius 1 is 1.08 bits per heavy atom. The van der Waals surface area contributed by atoms with Crippen molar-refractivity contribution in [3.63, 3.8) is 0 Å². The van der Waals surface area contributed by atoms with Gasteiger partial charge in [-0.3, -0.25) is 14.5 Å². The highest BCUT2D eigenvalue weighted by Gasteiger charge is 2.37. The van der Waals surface area contributed by atoms with Gasteiger partial charge in [0.25, 0.3) is 11.8 Å². The summed E-state index contributed by atoms with van der Waals surface area (Å²) in [7, 11) is 0. The molecule has 6 rings (SSSR count). The van der Waals surface area contributed by atoms with Crippen LogP contribution in [0.3, 0.4) is 0 Å². The number of carbonyl (C=O) groups excluding carboxylic acids is 2. The van der Waals surface area contributed by atoms with Crippen LogP contribution in [0, 0.1) is 5.82 Å². The average Bonchev–Trinajstić information content (AvgIpc) is 3.19. The molecule has 3 amide bonds. The van der Waals surface area contributed by atoms with Gasteiger partial charge in [0, 0.05) is 28.9 Å². The minimum absolute atomic E-state index is 0.0714. The van der Waals surface area contributed by atoms with E-state index in [4.69, 9.17) is 16.3 Å². The van der Waals surface area contributed by atoms with Crippen LogP contribution in [-0.2, 0) is 6.42 Å². The first-order valence-corrected chi connectivity index (χ1v) is 12.1. The van der Waals surface area contributed by atoms with Crippen molar-refractivity contribution >= 4 is 51.8 Å². The first-order chi connectivity index (χ1) is 18.3. The smallest absolute Gasteiger partial charge is 0.412 e. The molecular formula is C27H18ClFN4O5. The fourth-order valence-electron chi connectivity index (χ4n) is 4.96. The van der Waals surface area contributed by atoms with Crippen LogP contribution in [0.5, 0.6) is 5.88 Å². The second-order valence-electron chi connectivity index (χ2n) is 8.75. The number of hydrogen-bond acceptors (Lipinski definition) is 6. The number of nitrogens with zero attached hydrogens (tertiary/aromatic N) is 4. The Morgan fingerprint density at radius 2 is 1.79 bits per heavy atom. The summed E-state index contributed by atoms with van der Waals surface area (Å²) >= 11 is 6.43. The largest absolute Gasteiger partial charge is 0.474 e. The Balaban J connectivity index is 1.52. The Hall–Kier alpha value is -4.57. The van der Waals surface area contributed by atoms with Crippen LogP contribution in [0.2, 0.25) is 5.02 Å². The van der Waals surface area contributed by atoms with Gasteiger partial charge in [-0.15, -0.1) is 0 Å². The van der Waals surface area contributed by atoms with Crippen molar-refractivity contribution in [1.82, 2.24) is 9.97 Å². The Bertz CT molecular complexity index is 1670. The van der Waals surface area contributed by atoms with Gasteiger partial charge in [-0.2, -0.15) is 0 Å².